The zero-order valence-corrected chi connectivity index (χ0v) is 9.27. The van der Waals surface area contributed by atoms with Crippen molar-refractivity contribution in [1.82, 2.24) is 0 Å². The Bertz CT molecular complexity index is 305. The van der Waals surface area contributed by atoms with Crippen LogP contribution in [0.2, 0.25) is 5.02 Å². The third kappa shape index (κ3) is 2.06. The van der Waals surface area contributed by atoms with Gasteiger partial charge in [0.15, 0.2) is 0 Å². The van der Waals surface area contributed by atoms with E-state index in [9.17, 15) is 0 Å². The van der Waals surface area contributed by atoms with Gasteiger partial charge in [0, 0.05) is 16.5 Å². The summed E-state index contributed by atoms with van der Waals surface area (Å²) in [6.45, 7) is 2.15. The molecule has 0 amide bonds. The van der Waals surface area contributed by atoms with Crippen LogP contribution in [0, 0.1) is 0 Å². The van der Waals surface area contributed by atoms with Crippen LogP contribution in [0.4, 0.5) is 0 Å². The van der Waals surface area contributed by atoms with Gasteiger partial charge in [-0.25, -0.2) is 0 Å². The van der Waals surface area contributed by atoms with Crippen molar-refractivity contribution in [2.24, 2.45) is 5.73 Å². The van der Waals surface area contributed by atoms with E-state index < -0.39 is 0 Å². The molecule has 4 heteroatoms. The summed E-state index contributed by atoms with van der Waals surface area (Å²) >= 11 is 7.58. The molecule has 0 bridgehead atoms. The smallest absolute Gasteiger partial charge is 0.0794 e. The molecule has 2 nitrogen and oxygen atoms in total. The maximum atomic E-state index is 5.81. The van der Waals surface area contributed by atoms with Crippen molar-refractivity contribution in [1.29, 1.82) is 0 Å². The average molecular weight is 230 g/mol. The van der Waals surface area contributed by atoms with E-state index in [1.54, 1.807) is 11.8 Å². The highest BCUT2D eigenvalue weighted by molar-refractivity contribution is 8.00. The molecular formula is C10H12ClNOS. The largest absolute Gasteiger partial charge is 0.378 e. The number of hydrogen-bond acceptors (Lipinski definition) is 3. The summed E-state index contributed by atoms with van der Waals surface area (Å²) in [5.74, 6) is 0. The molecule has 1 aliphatic rings. The number of halogens is 1. The quantitative estimate of drug-likeness (QED) is 0.863. The second-order valence-electron chi connectivity index (χ2n) is 3.44. The van der Waals surface area contributed by atoms with Gasteiger partial charge in [0.2, 0.25) is 0 Å². The molecule has 76 valence electrons. The fraction of sp³-hybridized carbons (Fsp3) is 0.400. The van der Waals surface area contributed by atoms with Crippen LogP contribution in [-0.2, 0) is 4.74 Å². The first-order valence-electron chi connectivity index (χ1n) is 4.46. The summed E-state index contributed by atoms with van der Waals surface area (Å²) in [5, 5.41) is 0.765. The third-order valence-corrected chi connectivity index (χ3v) is 3.85. The second kappa shape index (κ2) is 4.11. The molecule has 1 aromatic carbocycles. The first-order valence-corrected chi connectivity index (χ1v) is 5.66. The highest BCUT2D eigenvalue weighted by atomic mass is 35.5. The number of ether oxygens (including phenoxy) is 1. The van der Waals surface area contributed by atoms with Gasteiger partial charge in [-0.05, 0) is 24.3 Å². The zero-order valence-electron chi connectivity index (χ0n) is 7.70. The summed E-state index contributed by atoms with van der Waals surface area (Å²) < 4.78 is 5.29. The van der Waals surface area contributed by atoms with Gasteiger partial charge >= 0.3 is 0 Å². The van der Waals surface area contributed by atoms with E-state index in [1.807, 2.05) is 24.3 Å². The van der Waals surface area contributed by atoms with Crippen molar-refractivity contribution >= 4 is 23.4 Å². The molecule has 0 spiro atoms. The highest BCUT2D eigenvalue weighted by Gasteiger charge is 2.38. The first kappa shape index (κ1) is 10.3. The summed E-state index contributed by atoms with van der Waals surface area (Å²) in [4.78, 5) is 1.20. The molecule has 0 aromatic heterocycles. The molecule has 1 fully saturated rings. The lowest BCUT2D eigenvalue weighted by Crippen LogP contribution is -2.52. The normalized spacial score (nSPS) is 19.0. The van der Waals surface area contributed by atoms with E-state index >= 15 is 0 Å². The van der Waals surface area contributed by atoms with E-state index in [1.165, 1.54) is 4.90 Å². The Hall–Kier alpha value is -0.220. The SMILES string of the molecule is NCC1(Sc2ccc(Cl)cc2)COC1. The monoisotopic (exact) mass is 229 g/mol. The Labute approximate surface area is 92.8 Å². The number of nitrogens with two attached hydrogens (primary N) is 1. The molecule has 1 saturated heterocycles. The molecule has 0 atom stereocenters. The van der Waals surface area contributed by atoms with Crippen LogP contribution < -0.4 is 5.73 Å². The molecule has 14 heavy (non-hydrogen) atoms. The molecule has 1 aliphatic heterocycles. The Kier molecular flexibility index (Phi) is 3.02. The van der Waals surface area contributed by atoms with Crippen LogP contribution in [-0.4, -0.2) is 24.5 Å². The second-order valence-corrected chi connectivity index (χ2v) is 5.41. The van der Waals surface area contributed by atoms with Crippen LogP contribution in [0.3, 0.4) is 0 Å². The van der Waals surface area contributed by atoms with Crippen molar-refractivity contribution in [3.63, 3.8) is 0 Å². The van der Waals surface area contributed by atoms with Crippen molar-refractivity contribution in [3.8, 4) is 0 Å². The molecule has 0 saturated carbocycles. The first-order chi connectivity index (χ1) is 6.74. The maximum Gasteiger partial charge on any atom is 0.0794 e. The summed E-state index contributed by atoms with van der Waals surface area (Å²) in [5.41, 5.74) is 5.72. The molecule has 0 aliphatic carbocycles. The van der Waals surface area contributed by atoms with Gasteiger partial charge in [-0.3, -0.25) is 0 Å². The van der Waals surface area contributed by atoms with Crippen LogP contribution in [0.15, 0.2) is 29.2 Å². The number of benzene rings is 1. The topological polar surface area (TPSA) is 35.2 Å². The van der Waals surface area contributed by atoms with Crippen LogP contribution >= 0.6 is 23.4 Å². The molecule has 2 N–H and O–H groups in total. The van der Waals surface area contributed by atoms with Crippen LogP contribution in [0.1, 0.15) is 0 Å². The van der Waals surface area contributed by atoms with Gasteiger partial charge in [0.05, 0.1) is 18.0 Å². The van der Waals surface area contributed by atoms with Crippen molar-refractivity contribution < 1.29 is 4.74 Å². The Morgan fingerprint density at radius 2 is 2.00 bits per heavy atom. The number of rotatable bonds is 3. The minimum absolute atomic E-state index is 0.0911. The number of hydrogen-bond donors (Lipinski definition) is 1. The van der Waals surface area contributed by atoms with Gasteiger partial charge in [-0.2, -0.15) is 0 Å². The van der Waals surface area contributed by atoms with Gasteiger partial charge in [0.1, 0.15) is 0 Å². The maximum absolute atomic E-state index is 5.81. The molecular weight excluding hydrogens is 218 g/mol. The molecule has 0 radical (unpaired) electrons. The van der Waals surface area contributed by atoms with Crippen LogP contribution in [0.25, 0.3) is 0 Å². The van der Waals surface area contributed by atoms with E-state index in [-0.39, 0.29) is 4.75 Å². The molecule has 0 unspecified atom stereocenters. The van der Waals surface area contributed by atoms with Gasteiger partial charge in [-0.1, -0.05) is 11.6 Å². The van der Waals surface area contributed by atoms with E-state index in [0.717, 1.165) is 18.2 Å². The van der Waals surface area contributed by atoms with E-state index in [0.29, 0.717) is 6.54 Å². The van der Waals surface area contributed by atoms with Crippen molar-refractivity contribution in [2.75, 3.05) is 19.8 Å². The van der Waals surface area contributed by atoms with E-state index in [4.69, 9.17) is 22.1 Å². The van der Waals surface area contributed by atoms with Crippen LogP contribution in [0.5, 0.6) is 0 Å². The summed E-state index contributed by atoms with van der Waals surface area (Å²) in [7, 11) is 0. The predicted molar refractivity (Wildman–Crippen MR) is 59.9 cm³/mol. The number of thioether (sulfide) groups is 1. The van der Waals surface area contributed by atoms with Gasteiger partial charge < -0.3 is 10.5 Å². The average Bonchev–Trinajstić information content (AvgIpc) is 2.15. The standard InChI is InChI=1S/C10H12ClNOS/c11-8-1-3-9(4-2-8)14-10(5-12)6-13-7-10/h1-4H,5-7,12H2. The lowest BCUT2D eigenvalue weighted by atomic mass is 10.1. The summed E-state index contributed by atoms with van der Waals surface area (Å²) in [6.07, 6.45) is 0. The zero-order chi connectivity index (χ0) is 10.0. The third-order valence-electron chi connectivity index (χ3n) is 2.25. The van der Waals surface area contributed by atoms with Gasteiger partial charge in [0.25, 0.3) is 0 Å². The lowest BCUT2D eigenvalue weighted by Gasteiger charge is -2.39. The fourth-order valence-electron chi connectivity index (χ4n) is 1.30. The Morgan fingerprint density at radius 1 is 1.36 bits per heavy atom. The van der Waals surface area contributed by atoms with Gasteiger partial charge in [-0.15, -0.1) is 11.8 Å². The lowest BCUT2D eigenvalue weighted by molar-refractivity contribution is -0.00434. The Morgan fingerprint density at radius 3 is 2.43 bits per heavy atom. The molecule has 1 aromatic rings. The minimum Gasteiger partial charge on any atom is -0.378 e. The highest BCUT2D eigenvalue weighted by Crippen LogP contribution is 2.38. The summed E-state index contributed by atoms with van der Waals surface area (Å²) in [6, 6.07) is 7.83. The predicted octanol–water partition coefficient (Wildman–Crippen LogP) is 2.16. The van der Waals surface area contributed by atoms with Crippen molar-refractivity contribution in [2.45, 2.75) is 9.64 Å². The van der Waals surface area contributed by atoms with Crippen molar-refractivity contribution in [3.05, 3.63) is 29.3 Å². The van der Waals surface area contributed by atoms with E-state index in [2.05, 4.69) is 0 Å². The minimum atomic E-state index is 0.0911. The fourth-order valence-corrected chi connectivity index (χ4v) is 2.57. The Balaban J connectivity index is 2.06. The molecule has 1 heterocycles. The molecule has 2 rings (SSSR count).